The summed E-state index contributed by atoms with van der Waals surface area (Å²) in [6, 6.07) is 15.0. The van der Waals surface area contributed by atoms with Gasteiger partial charge in [0, 0.05) is 0 Å². The molecular weight excluding hydrogens is 298 g/mol. The molecule has 0 aliphatic carbocycles. The molecule has 2 N–H and O–H groups in total. The van der Waals surface area contributed by atoms with Crippen LogP contribution < -0.4 is 10.1 Å². The van der Waals surface area contributed by atoms with Crippen LogP contribution in [0, 0.1) is 0 Å². The Kier molecular flexibility index (Phi) is 5.99. The first kappa shape index (κ1) is 16.4. The van der Waals surface area contributed by atoms with Crippen molar-refractivity contribution in [2.75, 3.05) is 19.8 Å². The van der Waals surface area contributed by atoms with Crippen LogP contribution in [0.15, 0.2) is 54.6 Å². The number of nitrogens with one attached hydrogen (secondary N) is 1. The predicted octanol–water partition coefficient (Wildman–Crippen LogP) is 1.74. The van der Waals surface area contributed by atoms with Crippen LogP contribution >= 0.6 is 0 Å². The van der Waals surface area contributed by atoms with Crippen molar-refractivity contribution in [2.24, 2.45) is 0 Å². The third-order valence-electron chi connectivity index (χ3n) is 2.85. The van der Waals surface area contributed by atoms with E-state index in [9.17, 15) is 14.7 Å². The van der Waals surface area contributed by atoms with Gasteiger partial charge in [-0.2, -0.15) is 0 Å². The van der Waals surface area contributed by atoms with Crippen LogP contribution in [0.5, 0.6) is 11.5 Å². The summed E-state index contributed by atoms with van der Waals surface area (Å²) >= 11 is 0. The molecule has 0 spiro atoms. The minimum absolute atomic E-state index is 0.0398. The molecule has 0 unspecified atom stereocenters. The number of carbonyl (C=O) groups is 2. The average molecular weight is 315 g/mol. The monoisotopic (exact) mass is 315 g/mol. The summed E-state index contributed by atoms with van der Waals surface area (Å²) in [6.45, 7) is 0.230. The Labute approximate surface area is 133 Å². The number of esters is 1. The Morgan fingerprint density at radius 1 is 1.04 bits per heavy atom. The molecule has 0 aliphatic heterocycles. The van der Waals surface area contributed by atoms with E-state index in [1.165, 1.54) is 24.3 Å². The topological polar surface area (TPSA) is 84.9 Å². The van der Waals surface area contributed by atoms with Crippen LogP contribution in [0.3, 0.4) is 0 Å². The van der Waals surface area contributed by atoms with Crippen molar-refractivity contribution in [2.45, 2.75) is 0 Å². The zero-order valence-electron chi connectivity index (χ0n) is 12.4. The van der Waals surface area contributed by atoms with Crippen LogP contribution in [-0.2, 0) is 9.53 Å². The van der Waals surface area contributed by atoms with E-state index in [2.05, 4.69) is 5.32 Å². The van der Waals surface area contributed by atoms with Crippen molar-refractivity contribution >= 4 is 11.9 Å². The molecule has 0 saturated heterocycles. The number of hydrogen-bond donors (Lipinski definition) is 2. The molecule has 6 nitrogen and oxygen atoms in total. The number of phenols is 1. The largest absolute Gasteiger partial charge is 0.508 e. The summed E-state index contributed by atoms with van der Waals surface area (Å²) in [6.07, 6.45) is 0. The second-order valence-corrected chi connectivity index (χ2v) is 4.64. The molecule has 120 valence electrons. The highest BCUT2D eigenvalue weighted by molar-refractivity contribution is 5.91. The normalized spacial score (nSPS) is 9.91. The highest BCUT2D eigenvalue weighted by atomic mass is 16.5. The fourth-order valence-corrected chi connectivity index (χ4v) is 1.77. The lowest BCUT2D eigenvalue weighted by atomic mass is 10.2. The fraction of sp³-hybridized carbons (Fsp3) is 0.176. The second kappa shape index (κ2) is 8.43. The average Bonchev–Trinajstić information content (AvgIpc) is 2.57. The molecule has 2 aromatic carbocycles. The smallest absolute Gasteiger partial charge is 0.338 e. The molecule has 6 heteroatoms. The van der Waals surface area contributed by atoms with Gasteiger partial charge in [0.15, 0.2) is 6.61 Å². The van der Waals surface area contributed by atoms with E-state index in [1.54, 1.807) is 0 Å². The summed E-state index contributed by atoms with van der Waals surface area (Å²) in [7, 11) is 0. The minimum atomic E-state index is -0.670. The van der Waals surface area contributed by atoms with Crippen molar-refractivity contribution in [3.05, 3.63) is 60.2 Å². The molecule has 0 saturated carbocycles. The Morgan fingerprint density at radius 3 is 2.57 bits per heavy atom. The molecule has 0 heterocycles. The van der Waals surface area contributed by atoms with E-state index in [4.69, 9.17) is 9.47 Å². The Hall–Kier alpha value is -3.02. The van der Waals surface area contributed by atoms with Crippen molar-refractivity contribution in [3.63, 3.8) is 0 Å². The number of benzene rings is 2. The van der Waals surface area contributed by atoms with Gasteiger partial charge < -0.3 is 19.9 Å². The molecule has 0 aliphatic rings. The Bertz CT molecular complexity index is 657. The van der Waals surface area contributed by atoms with Crippen molar-refractivity contribution in [1.29, 1.82) is 0 Å². The SMILES string of the molecule is O=C(COC(=O)c1cccc(O)c1)NCCOc1ccccc1. The van der Waals surface area contributed by atoms with E-state index >= 15 is 0 Å². The summed E-state index contributed by atoms with van der Waals surface area (Å²) in [4.78, 5) is 23.2. The number of carbonyl (C=O) groups excluding carboxylic acids is 2. The molecule has 2 aromatic rings. The molecule has 2 rings (SSSR count). The van der Waals surface area contributed by atoms with Crippen molar-refractivity contribution in [1.82, 2.24) is 5.32 Å². The van der Waals surface area contributed by atoms with Crippen LogP contribution in [0.25, 0.3) is 0 Å². The Morgan fingerprint density at radius 2 is 1.83 bits per heavy atom. The summed E-state index contributed by atoms with van der Waals surface area (Å²) < 4.78 is 10.3. The van der Waals surface area contributed by atoms with Crippen LogP contribution in [0.1, 0.15) is 10.4 Å². The summed E-state index contributed by atoms with van der Waals surface area (Å²) in [5.41, 5.74) is 0.185. The molecule has 0 radical (unpaired) electrons. The number of aromatic hydroxyl groups is 1. The van der Waals surface area contributed by atoms with Gasteiger partial charge in [0.2, 0.25) is 0 Å². The predicted molar refractivity (Wildman–Crippen MR) is 83.3 cm³/mol. The van der Waals surface area contributed by atoms with Gasteiger partial charge in [-0.15, -0.1) is 0 Å². The summed E-state index contributed by atoms with van der Waals surface area (Å²) in [5, 5.41) is 11.9. The van der Waals surface area contributed by atoms with E-state index in [-0.39, 0.29) is 17.9 Å². The molecule has 0 aromatic heterocycles. The molecule has 0 fully saturated rings. The molecule has 0 bridgehead atoms. The number of rotatable bonds is 7. The zero-order chi connectivity index (χ0) is 16.5. The van der Waals surface area contributed by atoms with Gasteiger partial charge in [-0.3, -0.25) is 4.79 Å². The van der Waals surface area contributed by atoms with E-state index in [0.717, 1.165) is 5.75 Å². The molecule has 0 atom stereocenters. The number of para-hydroxylation sites is 1. The van der Waals surface area contributed by atoms with Crippen LogP contribution in [0.4, 0.5) is 0 Å². The highest BCUT2D eigenvalue weighted by Crippen LogP contribution is 2.11. The summed E-state index contributed by atoms with van der Waals surface area (Å²) in [5.74, 6) is -0.411. The van der Waals surface area contributed by atoms with Gasteiger partial charge >= 0.3 is 5.97 Å². The molecular formula is C17H17NO5. The number of amides is 1. The lowest BCUT2D eigenvalue weighted by molar-refractivity contribution is -0.124. The second-order valence-electron chi connectivity index (χ2n) is 4.64. The quantitative estimate of drug-likeness (QED) is 0.600. The highest BCUT2D eigenvalue weighted by Gasteiger charge is 2.10. The van der Waals surface area contributed by atoms with Gasteiger partial charge in [-0.05, 0) is 30.3 Å². The van der Waals surface area contributed by atoms with E-state index in [0.29, 0.717) is 13.2 Å². The minimum Gasteiger partial charge on any atom is -0.508 e. The van der Waals surface area contributed by atoms with E-state index in [1.807, 2.05) is 30.3 Å². The number of hydrogen-bond acceptors (Lipinski definition) is 5. The number of phenolic OH excluding ortho intramolecular Hbond substituents is 1. The van der Waals surface area contributed by atoms with Crippen molar-refractivity contribution < 1.29 is 24.2 Å². The van der Waals surface area contributed by atoms with Gasteiger partial charge in [0.1, 0.15) is 18.1 Å². The zero-order valence-corrected chi connectivity index (χ0v) is 12.4. The number of ether oxygens (including phenoxy) is 2. The van der Waals surface area contributed by atoms with Gasteiger partial charge in [0.05, 0.1) is 12.1 Å². The third-order valence-corrected chi connectivity index (χ3v) is 2.85. The van der Waals surface area contributed by atoms with Gasteiger partial charge in [-0.1, -0.05) is 24.3 Å². The first-order chi connectivity index (χ1) is 11.1. The maximum Gasteiger partial charge on any atom is 0.338 e. The first-order valence-electron chi connectivity index (χ1n) is 7.06. The fourth-order valence-electron chi connectivity index (χ4n) is 1.77. The maximum absolute atomic E-state index is 11.7. The van der Waals surface area contributed by atoms with E-state index < -0.39 is 11.9 Å². The standard InChI is InChI=1S/C17H17NO5/c19-14-6-4-5-13(11-14)17(21)23-12-16(20)18-9-10-22-15-7-2-1-3-8-15/h1-8,11,19H,9-10,12H2,(H,18,20). The molecule has 1 amide bonds. The van der Waals surface area contributed by atoms with Gasteiger partial charge in [-0.25, -0.2) is 4.79 Å². The lowest BCUT2D eigenvalue weighted by Crippen LogP contribution is -2.32. The first-order valence-corrected chi connectivity index (χ1v) is 7.06. The third kappa shape index (κ3) is 5.70. The molecule has 23 heavy (non-hydrogen) atoms. The van der Waals surface area contributed by atoms with Crippen molar-refractivity contribution in [3.8, 4) is 11.5 Å². The lowest BCUT2D eigenvalue weighted by Gasteiger charge is -2.08. The maximum atomic E-state index is 11.7. The van der Waals surface area contributed by atoms with Gasteiger partial charge in [0.25, 0.3) is 5.91 Å². The Balaban J connectivity index is 1.64. The van der Waals surface area contributed by atoms with Crippen LogP contribution in [0.2, 0.25) is 0 Å². The van der Waals surface area contributed by atoms with Crippen LogP contribution in [-0.4, -0.2) is 36.7 Å².